The molecule has 1 aromatic carbocycles. The normalized spacial score (nSPS) is 19.0. The van der Waals surface area contributed by atoms with Gasteiger partial charge in [0.2, 0.25) is 0 Å². The zero-order valence-corrected chi connectivity index (χ0v) is 53.0. The number of nitrogens with one attached hydrogen (secondary N) is 4. The number of aromatic amines is 4. The number of allylic oxidation sites excluding steroid dienone is 8. The molecule has 0 saturated heterocycles. The molecular weight excluding hydrogens is 1060 g/mol. The van der Waals surface area contributed by atoms with Gasteiger partial charge < -0.3 is 29.4 Å². The predicted octanol–water partition coefficient (Wildman–Crippen LogP) is 19.1. The maximum Gasteiger partial charge on any atom is 0.127 e. The molecule has 4 unspecified atom stereocenters. The molecule has 20 bridgehead atoms. The van der Waals surface area contributed by atoms with Gasteiger partial charge in [-0.3, -0.25) is 0 Å². The first-order chi connectivity index (χ1) is 41.8. The Morgan fingerprint density at radius 3 is 1.02 bits per heavy atom. The molecule has 0 saturated carbocycles. The highest BCUT2D eigenvalue weighted by Gasteiger charge is 2.52. The van der Waals surface area contributed by atoms with Gasteiger partial charge in [0.1, 0.15) is 11.5 Å². The molecule has 4 atom stereocenters. The topological polar surface area (TPSA) is 133 Å². The number of benzene rings is 1. The zero-order chi connectivity index (χ0) is 59.5. The highest BCUT2D eigenvalue weighted by Crippen LogP contribution is 2.69. The summed E-state index contributed by atoms with van der Waals surface area (Å²) in [6.45, 7) is 27.3. The summed E-state index contributed by atoms with van der Waals surface area (Å²) < 4.78 is 14.1. The SMILES string of the molecule is CCC1=C(C)c2cc3[nH]c(cc4nc(cc5[nH]c(cc1n2)c(CC)c5CC)C(CC)=C4C)c1c3C2CCC1c1c(OC)c3c(c(OC)c12)C1CCC3C2=C1c1cc3nc(cc4[nH]c(cc5[nH]c(cc2n1)c(C)c5CC)c(CC)c4CC)C(CC)=C3C. The molecule has 0 radical (unpaired) electrons. The number of ether oxygens (including phenoxy) is 2. The van der Waals surface area contributed by atoms with E-state index >= 15 is 0 Å². The summed E-state index contributed by atoms with van der Waals surface area (Å²) in [7, 11) is 3.85. The van der Waals surface area contributed by atoms with Gasteiger partial charge in [0.25, 0.3) is 0 Å². The van der Waals surface area contributed by atoms with Gasteiger partial charge in [-0.15, -0.1) is 0 Å². The molecule has 0 fully saturated rings. The molecule has 4 aliphatic heterocycles. The molecule has 0 amide bonds. The first kappa shape index (κ1) is 54.7. The molecule has 7 aromatic rings. The van der Waals surface area contributed by atoms with Crippen molar-refractivity contribution in [1.29, 1.82) is 0 Å². The van der Waals surface area contributed by atoms with Gasteiger partial charge >= 0.3 is 0 Å². The third-order valence-electron chi connectivity index (χ3n) is 21.7. The third-order valence-corrected chi connectivity index (χ3v) is 21.7. The van der Waals surface area contributed by atoms with Crippen LogP contribution < -0.4 is 9.47 Å². The van der Waals surface area contributed by atoms with Crippen LogP contribution in [0.4, 0.5) is 0 Å². The Balaban J connectivity index is 0.992. The highest BCUT2D eigenvalue weighted by atomic mass is 16.5. The van der Waals surface area contributed by atoms with Crippen molar-refractivity contribution in [1.82, 2.24) is 39.9 Å². The first-order valence-electron chi connectivity index (χ1n) is 32.6. The van der Waals surface area contributed by atoms with E-state index in [-0.39, 0.29) is 23.7 Å². The molecule has 6 aliphatic carbocycles. The molecule has 438 valence electrons. The van der Waals surface area contributed by atoms with Crippen LogP contribution in [0.5, 0.6) is 11.5 Å². The van der Waals surface area contributed by atoms with E-state index in [1.807, 2.05) is 14.2 Å². The van der Waals surface area contributed by atoms with Gasteiger partial charge in [-0.1, -0.05) is 55.4 Å². The molecule has 17 rings (SSSR count). The van der Waals surface area contributed by atoms with Gasteiger partial charge in [0.15, 0.2) is 0 Å². The molecule has 0 spiro atoms. The Hall–Kier alpha value is -7.98. The lowest BCUT2D eigenvalue weighted by Crippen LogP contribution is -2.30. The van der Waals surface area contributed by atoms with Crippen LogP contribution in [0.1, 0.15) is 257 Å². The number of aryl methyl sites for hydroxylation is 6. The van der Waals surface area contributed by atoms with E-state index in [2.05, 4.69) is 152 Å². The van der Waals surface area contributed by atoms with Crippen molar-refractivity contribution in [2.24, 2.45) is 0 Å². The smallest absolute Gasteiger partial charge is 0.127 e. The van der Waals surface area contributed by atoms with E-state index in [9.17, 15) is 0 Å². The second kappa shape index (κ2) is 20.3. The summed E-state index contributed by atoms with van der Waals surface area (Å²) in [5, 5.41) is 0. The Morgan fingerprint density at radius 1 is 0.326 bits per heavy atom. The average molecular weight is 1140 g/mol. The monoisotopic (exact) mass is 1140 g/mol. The van der Waals surface area contributed by atoms with E-state index in [1.165, 1.54) is 117 Å². The van der Waals surface area contributed by atoms with Crippen LogP contribution in [-0.4, -0.2) is 54.1 Å². The van der Waals surface area contributed by atoms with Crippen molar-refractivity contribution in [2.45, 2.75) is 184 Å². The van der Waals surface area contributed by atoms with Crippen molar-refractivity contribution in [2.75, 3.05) is 14.2 Å². The van der Waals surface area contributed by atoms with Crippen LogP contribution in [0, 0.1) is 6.92 Å². The summed E-state index contributed by atoms with van der Waals surface area (Å²) in [4.78, 5) is 38.5. The van der Waals surface area contributed by atoms with Crippen molar-refractivity contribution in [3.05, 3.63) is 161 Å². The number of hydrogen-bond donors (Lipinski definition) is 4. The molecular formula is C76H82N8O2. The lowest BCUT2D eigenvalue weighted by molar-refractivity contribution is 0.357. The number of aromatic nitrogens is 8. The molecule has 10 aliphatic rings. The Morgan fingerprint density at radius 2 is 0.628 bits per heavy atom. The number of nitrogens with zero attached hydrogens (tertiary/aromatic N) is 4. The van der Waals surface area contributed by atoms with Gasteiger partial charge in [0.05, 0.1) is 59.8 Å². The molecule has 4 N–H and O–H groups in total. The fraction of sp³-hybridized carbons (Fsp3) is 0.395. The maximum absolute atomic E-state index is 7.06. The predicted molar refractivity (Wildman–Crippen MR) is 356 cm³/mol. The number of hydrogen-bond acceptors (Lipinski definition) is 6. The minimum absolute atomic E-state index is 0.0370. The van der Waals surface area contributed by atoms with E-state index in [0.717, 1.165) is 173 Å². The van der Waals surface area contributed by atoms with E-state index in [0.29, 0.717) is 0 Å². The molecule has 6 aromatic heterocycles. The van der Waals surface area contributed by atoms with Crippen LogP contribution in [0.25, 0.3) is 88.7 Å². The van der Waals surface area contributed by atoms with Crippen molar-refractivity contribution in [3.8, 4) is 11.5 Å². The Kier molecular flexibility index (Phi) is 12.9. The Labute approximate surface area is 505 Å². The summed E-state index contributed by atoms with van der Waals surface area (Å²) in [6.07, 6.45) is 11.3. The standard InChI is InChI=1S/C76H82N8O2/c1-15-39-35(9)51-27-63-67-47-23-24-48(68(67)64(83-63)28-52-36(10)40(16-2)56(78-52)32-60-44(20-6)43(19-5)59(81-60)31-55(39)77-51)72-71(47)75(85-13)73-49-25-26-50(74(73)76(72)86-14)70-66-30-54-38(12)42(18-4)58(80-54)34-62-46(22-8)45(21-7)61(82-62)33-57-41(17-3)37(11)53(79-57)29-65(84-66)69(49)70/h27-34,47-50,77,81-82,84H,15-26H2,1-14H3. The van der Waals surface area contributed by atoms with Gasteiger partial charge in [0, 0.05) is 90.1 Å². The van der Waals surface area contributed by atoms with E-state index in [1.54, 1.807) is 0 Å². The van der Waals surface area contributed by atoms with Crippen LogP contribution in [0.2, 0.25) is 0 Å². The van der Waals surface area contributed by atoms with E-state index < -0.39 is 0 Å². The molecule has 10 heteroatoms. The second-order valence-corrected chi connectivity index (χ2v) is 25.4. The summed E-state index contributed by atoms with van der Waals surface area (Å²) in [6, 6.07) is 18.8. The van der Waals surface area contributed by atoms with Crippen LogP contribution in [0.15, 0.2) is 48.5 Å². The van der Waals surface area contributed by atoms with Gasteiger partial charge in [-0.05, 0) is 242 Å². The highest BCUT2D eigenvalue weighted by molar-refractivity contribution is 6.04. The second-order valence-electron chi connectivity index (χ2n) is 25.4. The maximum atomic E-state index is 7.06. The van der Waals surface area contributed by atoms with Crippen LogP contribution in [0.3, 0.4) is 0 Å². The lowest BCUT2D eigenvalue weighted by Gasteiger charge is -2.47. The minimum atomic E-state index is 0.0370. The number of methoxy groups -OCH3 is 2. The number of rotatable bonds is 10. The summed E-state index contributed by atoms with van der Waals surface area (Å²) in [5.74, 6) is 2.25. The van der Waals surface area contributed by atoms with Crippen LogP contribution in [-0.2, 0) is 32.1 Å². The first-order valence-corrected chi connectivity index (χ1v) is 32.6. The largest absolute Gasteiger partial charge is 0.496 e. The molecule has 10 heterocycles. The lowest BCUT2D eigenvalue weighted by atomic mass is 9.57. The third kappa shape index (κ3) is 7.55. The van der Waals surface area contributed by atoms with Crippen molar-refractivity contribution < 1.29 is 9.47 Å². The fourth-order valence-electron chi connectivity index (χ4n) is 17.9. The molecule has 86 heavy (non-hydrogen) atoms. The summed E-state index contributed by atoms with van der Waals surface area (Å²) >= 11 is 0. The van der Waals surface area contributed by atoms with E-state index in [4.69, 9.17) is 29.4 Å². The number of fused-ring (bicyclic) bond motifs is 18. The van der Waals surface area contributed by atoms with Gasteiger partial charge in [-0.2, -0.15) is 0 Å². The zero-order valence-electron chi connectivity index (χ0n) is 53.0. The Bertz CT molecular complexity index is 4670. The average Bonchev–Trinajstić information content (AvgIpc) is 1.19. The summed E-state index contributed by atoms with van der Waals surface area (Å²) in [5.41, 5.74) is 43.6. The number of H-pyrrole nitrogens is 4. The fourth-order valence-corrected chi connectivity index (χ4v) is 17.9. The van der Waals surface area contributed by atoms with Crippen molar-refractivity contribution >= 4 is 88.7 Å². The van der Waals surface area contributed by atoms with Gasteiger partial charge in [-0.25, -0.2) is 19.9 Å². The minimum Gasteiger partial charge on any atom is -0.496 e. The molecule has 10 nitrogen and oxygen atoms in total. The van der Waals surface area contributed by atoms with Crippen LogP contribution >= 0.6 is 0 Å². The van der Waals surface area contributed by atoms with Crippen molar-refractivity contribution in [3.63, 3.8) is 0 Å². The quantitative estimate of drug-likeness (QED) is 0.108.